The van der Waals surface area contributed by atoms with E-state index in [0.29, 0.717) is 22.4 Å². The number of para-hydroxylation sites is 2. The molecule has 0 saturated carbocycles. The fourth-order valence-corrected chi connectivity index (χ4v) is 4.57. The maximum Gasteiger partial charge on any atom is 0.238 e. The number of nitrogens with one attached hydrogen (secondary N) is 1. The summed E-state index contributed by atoms with van der Waals surface area (Å²) in [6.07, 6.45) is 0. The Balaban J connectivity index is 1.59. The average molecular weight is 496 g/mol. The Morgan fingerprint density at radius 2 is 1.76 bits per heavy atom. The predicted molar refractivity (Wildman–Crippen MR) is 131 cm³/mol. The topological polar surface area (TPSA) is 129 Å². The number of nitrogens with two attached hydrogens (primary N) is 1. The Morgan fingerprint density at radius 1 is 1.03 bits per heavy atom. The molecule has 0 bridgehead atoms. The molecule has 0 aliphatic heterocycles. The zero-order chi connectivity index (χ0) is 24.1. The molecular formula is C23H21N5O4S2. The van der Waals surface area contributed by atoms with Crippen LogP contribution < -0.4 is 15.2 Å². The van der Waals surface area contributed by atoms with Crippen molar-refractivity contribution in [3.63, 3.8) is 0 Å². The molecule has 1 amide bonds. The van der Waals surface area contributed by atoms with Gasteiger partial charge in [-0.05, 0) is 42.5 Å². The van der Waals surface area contributed by atoms with Crippen LogP contribution in [-0.4, -0.2) is 42.0 Å². The van der Waals surface area contributed by atoms with Crippen molar-refractivity contribution < 1.29 is 17.9 Å². The molecule has 3 aromatic carbocycles. The van der Waals surface area contributed by atoms with Crippen LogP contribution in [0.3, 0.4) is 0 Å². The van der Waals surface area contributed by atoms with Crippen molar-refractivity contribution in [1.82, 2.24) is 14.8 Å². The van der Waals surface area contributed by atoms with Gasteiger partial charge in [-0.1, -0.05) is 48.2 Å². The van der Waals surface area contributed by atoms with Gasteiger partial charge in [-0.3, -0.25) is 9.36 Å². The largest absolute Gasteiger partial charge is 0.496 e. The highest BCUT2D eigenvalue weighted by atomic mass is 32.2. The van der Waals surface area contributed by atoms with Gasteiger partial charge >= 0.3 is 0 Å². The standard InChI is InChI=1S/C23H21N5O4S2/c1-32-20-13-6-5-12-19(20)22-26-27-23(28(22)17-9-3-2-4-10-17)33-15-21(29)25-16-8-7-11-18(14-16)34(24,30)31/h2-14H,15H2,1H3,(H,25,29)(H2,24,30,31). The Kier molecular flexibility index (Phi) is 6.96. The zero-order valence-corrected chi connectivity index (χ0v) is 19.7. The summed E-state index contributed by atoms with van der Waals surface area (Å²) in [6.45, 7) is 0. The second kappa shape index (κ2) is 10.1. The van der Waals surface area contributed by atoms with Crippen molar-refractivity contribution in [3.8, 4) is 22.8 Å². The minimum absolute atomic E-state index is 0.0243. The van der Waals surface area contributed by atoms with Gasteiger partial charge in [0.2, 0.25) is 15.9 Å². The van der Waals surface area contributed by atoms with Crippen LogP contribution in [0.25, 0.3) is 17.1 Å². The Hall–Kier alpha value is -3.67. The van der Waals surface area contributed by atoms with Crippen LogP contribution in [0.15, 0.2) is 88.9 Å². The summed E-state index contributed by atoms with van der Waals surface area (Å²) in [4.78, 5) is 12.5. The first kappa shape index (κ1) is 23.5. The molecule has 11 heteroatoms. The monoisotopic (exact) mass is 495 g/mol. The number of primary sulfonamides is 1. The third-order valence-corrected chi connectivity index (χ3v) is 6.61. The van der Waals surface area contributed by atoms with Crippen LogP contribution in [-0.2, 0) is 14.8 Å². The SMILES string of the molecule is COc1ccccc1-c1nnc(SCC(=O)Nc2cccc(S(N)(=O)=O)c2)n1-c1ccccc1. The van der Waals surface area contributed by atoms with Crippen LogP contribution in [0.5, 0.6) is 5.75 Å². The number of carbonyl (C=O) groups is 1. The molecule has 0 atom stereocenters. The maximum absolute atomic E-state index is 12.6. The van der Waals surface area contributed by atoms with Gasteiger partial charge in [0.05, 0.1) is 23.3 Å². The first-order chi connectivity index (χ1) is 16.4. The number of methoxy groups -OCH3 is 1. The molecule has 0 aliphatic rings. The molecule has 0 unspecified atom stereocenters. The van der Waals surface area contributed by atoms with E-state index in [1.165, 1.54) is 30.0 Å². The Bertz CT molecular complexity index is 1420. The number of ether oxygens (including phenoxy) is 1. The maximum atomic E-state index is 12.6. The van der Waals surface area contributed by atoms with Crippen molar-refractivity contribution in [2.75, 3.05) is 18.2 Å². The average Bonchev–Trinajstić information content (AvgIpc) is 3.26. The number of carbonyl (C=O) groups excluding carboxylic acids is 1. The number of aromatic nitrogens is 3. The van der Waals surface area contributed by atoms with E-state index in [2.05, 4.69) is 15.5 Å². The first-order valence-corrected chi connectivity index (χ1v) is 12.6. The summed E-state index contributed by atoms with van der Waals surface area (Å²) < 4.78 is 30.5. The van der Waals surface area contributed by atoms with E-state index in [9.17, 15) is 13.2 Å². The third-order valence-electron chi connectivity index (χ3n) is 4.77. The highest BCUT2D eigenvalue weighted by Gasteiger charge is 2.20. The molecule has 0 saturated heterocycles. The van der Waals surface area contributed by atoms with E-state index in [1.54, 1.807) is 13.2 Å². The van der Waals surface area contributed by atoms with E-state index in [4.69, 9.17) is 9.88 Å². The number of amides is 1. The molecule has 9 nitrogen and oxygen atoms in total. The second-order valence-electron chi connectivity index (χ2n) is 7.09. The summed E-state index contributed by atoms with van der Waals surface area (Å²) in [5.41, 5.74) is 1.92. The fraction of sp³-hybridized carbons (Fsp3) is 0.0870. The zero-order valence-electron chi connectivity index (χ0n) is 18.1. The molecule has 0 radical (unpaired) electrons. The number of sulfonamides is 1. The van der Waals surface area contributed by atoms with Crippen molar-refractivity contribution in [2.45, 2.75) is 10.1 Å². The van der Waals surface area contributed by atoms with Gasteiger partial charge in [0.25, 0.3) is 0 Å². The molecule has 0 spiro atoms. The Labute approximate surface area is 201 Å². The number of hydrogen-bond acceptors (Lipinski definition) is 7. The smallest absolute Gasteiger partial charge is 0.238 e. The highest BCUT2D eigenvalue weighted by molar-refractivity contribution is 7.99. The Morgan fingerprint density at radius 3 is 2.50 bits per heavy atom. The molecule has 174 valence electrons. The minimum atomic E-state index is -3.87. The highest BCUT2D eigenvalue weighted by Crippen LogP contribution is 2.33. The van der Waals surface area contributed by atoms with Gasteiger partial charge < -0.3 is 10.1 Å². The van der Waals surface area contributed by atoms with Crippen LogP contribution >= 0.6 is 11.8 Å². The number of nitrogens with zero attached hydrogens (tertiary/aromatic N) is 3. The van der Waals surface area contributed by atoms with E-state index < -0.39 is 10.0 Å². The summed E-state index contributed by atoms with van der Waals surface area (Å²) >= 11 is 1.20. The number of rotatable bonds is 8. The van der Waals surface area contributed by atoms with Gasteiger partial charge in [-0.2, -0.15) is 0 Å². The summed E-state index contributed by atoms with van der Waals surface area (Å²) in [7, 11) is -2.28. The summed E-state index contributed by atoms with van der Waals surface area (Å²) in [6, 6.07) is 22.8. The normalized spacial score (nSPS) is 11.2. The lowest BCUT2D eigenvalue weighted by Crippen LogP contribution is -2.16. The van der Waals surface area contributed by atoms with Gasteiger partial charge in [0.15, 0.2) is 11.0 Å². The van der Waals surface area contributed by atoms with Crippen molar-refractivity contribution in [2.24, 2.45) is 5.14 Å². The molecule has 0 fully saturated rings. The lowest BCUT2D eigenvalue weighted by atomic mass is 10.2. The van der Waals surface area contributed by atoms with E-state index in [0.717, 1.165) is 11.3 Å². The summed E-state index contributed by atoms with van der Waals surface area (Å²) in [5, 5.41) is 17.0. The van der Waals surface area contributed by atoms with Gasteiger partial charge in [-0.15, -0.1) is 10.2 Å². The second-order valence-corrected chi connectivity index (χ2v) is 9.59. The van der Waals surface area contributed by atoms with Gasteiger partial charge in [-0.25, -0.2) is 13.6 Å². The third kappa shape index (κ3) is 5.28. The molecular weight excluding hydrogens is 474 g/mol. The molecule has 1 aromatic heterocycles. The van der Waals surface area contributed by atoms with E-state index >= 15 is 0 Å². The summed E-state index contributed by atoms with van der Waals surface area (Å²) in [5.74, 6) is 0.915. The minimum Gasteiger partial charge on any atom is -0.496 e. The van der Waals surface area contributed by atoms with E-state index in [-0.39, 0.29) is 16.6 Å². The van der Waals surface area contributed by atoms with Crippen molar-refractivity contribution in [3.05, 3.63) is 78.9 Å². The molecule has 3 N–H and O–H groups in total. The lowest BCUT2D eigenvalue weighted by molar-refractivity contribution is -0.113. The van der Waals surface area contributed by atoms with Crippen LogP contribution in [0.4, 0.5) is 5.69 Å². The number of anilines is 1. The van der Waals surface area contributed by atoms with Crippen molar-refractivity contribution in [1.29, 1.82) is 0 Å². The number of hydrogen-bond donors (Lipinski definition) is 2. The van der Waals surface area contributed by atoms with Crippen LogP contribution in [0.1, 0.15) is 0 Å². The fourth-order valence-electron chi connectivity index (χ4n) is 3.26. The van der Waals surface area contributed by atoms with Crippen LogP contribution in [0, 0.1) is 0 Å². The van der Waals surface area contributed by atoms with Gasteiger partial charge in [0.1, 0.15) is 5.75 Å². The van der Waals surface area contributed by atoms with E-state index in [1.807, 2.05) is 59.2 Å². The van der Waals surface area contributed by atoms with Crippen LogP contribution in [0.2, 0.25) is 0 Å². The predicted octanol–water partition coefficient (Wildman–Crippen LogP) is 3.32. The first-order valence-electron chi connectivity index (χ1n) is 10.1. The molecule has 0 aliphatic carbocycles. The lowest BCUT2D eigenvalue weighted by Gasteiger charge is -2.12. The van der Waals surface area contributed by atoms with Crippen molar-refractivity contribution >= 4 is 33.4 Å². The molecule has 4 rings (SSSR count). The molecule has 34 heavy (non-hydrogen) atoms. The quantitative estimate of drug-likeness (QED) is 0.359. The molecule has 1 heterocycles. The molecule has 4 aromatic rings. The number of benzene rings is 3. The number of thioether (sulfide) groups is 1. The van der Waals surface area contributed by atoms with Gasteiger partial charge in [0, 0.05) is 11.4 Å².